The summed E-state index contributed by atoms with van der Waals surface area (Å²) < 4.78 is 13.6. The van der Waals surface area contributed by atoms with Crippen molar-refractivity contribution in [3.63, 3.8) is 0 Å². The van der Waals surface area contributed by atoms with Gasteiger partial charge in [0.1, 0.15) is 4.60 Å². The zero-order valence-corrected chi connectivity index (χ0v) is 18.9. The number of aromatic amines is 1. The molecule has 3 rings (SSSR count). The third-order valence-corrected chi connectivity index (χ3v) is 6.16. The number of benzene rings is 1. The van der Waals surface area contributed by atoms with Crippen molar-refractivity contribution in [1.82, 2.24) is 20.0 Å². The van der Waals surface area contributed by atoms with Crippen LogP contribution >= 0.6 is 31.9 Å². The zero-order chi connectivity index (χ0) is 20.4. The van der Waals surface area contributed by atoms with Gasteiger partial charge in [0.2, 0.25) is 0 Å². The van der Waals surface area contributed by atoms with Gasteiger partial charge in [-0.1, -0.05) is 6.07 Å². The van der Waals surface area contributed by atoms with Crippen LogP contribution in [0.5, 0.6) is 11.5 Å². The number of hydrogen-bond donors (Lipinski definition) is 2. The van der Waals surface area contributed by atoms with E-state index in [9.17, 15) is 4.79 Å². The molecule has 148 valence electrons. The Morgan fingerprint density at radius 2 is 1.93 bits per heavy atom. The maximum absolute atomic E-state index is 12.6. The van der Waals surface area contributed by atoms with E-state index in [1.54, 1.807) is 14.2 Å². The standard InChI is InChI=1S/C18H19Br2N5O3/c1-9-15(21-18(26)16-14(19)17(20)23-22-16)10(2)25(24-9)8-11-5-6-12(27-3)13(7-11)28-4/h5-7H,8H2,1-4H3,(H,21,26)(H,22,23). The molecule has 2 aromatic heterocycles. The number of nitrogens with zero attached hydrogens (tertiary/aromatic N) is 3. The van der Waals surface area contributed by atoms with Crippen LogP contribution in [-0.2, 0) is 6.54 Å². The van der Waals surface area contributed by atoms with Gasteiger partial charge in [-0.2, -0.15) is 10.2 Å². The summed E-state index contributed by atoms with van der Waals surface area (Å²) in [5, 5.41) is 14.2. The van der Waals surface area contributed by atoms with Gasteiger partial charge in [0.05, 0.1) is 42.3 Å². The molecule has 1 amide bonds. The minimum Gasteiger partial charge on any atom is -0.493 e. The van der Waals surface area contributed by atoms with E-state index in [0.717, 1.165) is 17.0 Å². The maximum Gasteiger partial charge on any atom is 0.277 e. The van der Waals surface area contributed by atoms with E-state index in [-0.39, 0.29) is 11.6 Å². The van der Waals surface area contributed by atoms with Gasteiger partial charge in [-0.15, -0.1) is 0 Å². The summed E-state index contributed by atoms with van der Waals surface area (Å²) in [7, 11) is 3.20. The van der Waals surface area contributed by atoms with E-state index in [2.05, 4.69) is 52.5 Å². The van der Waals surface area contributed by atoms with Crippen molar-refractivity contribution in [3.05, 3.63) is 49.9 Å². The van der Waals surface area contributed by atoms with Gasteiger partial charge < -0.3 is 14.8 Å². The van der Waals surface area contributed by atoms with Crippen LogP contribution in [0.25, 0.3) is 0 Å². The van der Waals surface area contributed by atoms with Gasteiger partial charge in [0.25, 0.3) is 5.91 Å². The molecule has 0 saturated heterocycles. The minimum atomic E-state index is -0.328. The topological polar surface area (TPSA) is 94.1 Å². The van der Waals surface area contributed by atoms with E-state index >= 15 is 0 Å². The van der Waals surface area contributed by atoms with Crippen LogP contribution in [-0.4, -0.2) is 40.1 Å². The van der Waals surface area contributed by atoms with E-state index in [0.29, 0.717) is 32.8 Å². The van der Waals surface area contributed by atoms with Gasteiger partial charge in [-0.3, -0.25) is 14.6 Å². The number of amides is 1. The normalized spacial score (nSPS) is 10.8. The van der Waals surface area contributed by atoms with Crippen molar-refractivity contribution in [2.24, 2.45) is 0 Å². The lowest BCUT2D eigenvalue weighted by Crippen LogP contribution is -2.14. The molecular formula is C18H19Br2N5O3. The van der Waals surface area contributed by atoms with Crippen molar-refractivity contribution >= 4 is 43.5 Å². The first kappa shape index (κ1) is 20.4. The molecule has 0 aliphatic carbocycles. The molecule has 0 fully saturated rings. The molecule has 8 nitrogen and oxygen atoms in total. The molecule has 0 aliphatic heterocycles. The van der Waals surface area contributed by atoms with Gasteiger partial charge in [-0.25, -0.2) is 0 Å². The Bertz CT molecular complexity index is 1030. The van der Waals surface area contributed by atoms with E-state index in [1.165, 1.54) is 0 Å². The lowest BCUT2D eigenvalue weighted by Gasteiger charge is -2.11. The predicted molar refractivity (Wildman–Crippen MR) is 112 cm³/mol. The monoisotopic (exact) mass is 511 g/mol. The molecule has 0 atom stereocenters. The van der Waals surface area contributed by atoms with Gasteiger partial charge >= 0.3 is 0 Å². The number of methoxy groups -OCH3 is 2. The summed E-state index contributed by atoms with van der Waals surface area (Å²) in [6, 6.07) is 5.72. The summed E-state index contributed by atoms with van der Waals surface area (Å²) in [6.45, 7) is 4.29. The quantitative estimate of drug-likeness (QED) is 0.519. The first-order valence-electron chi connectivity index (χ1n) is 8.31. The number of nitrogens with one attached hydrogen (secondary N) is 2. The molecule has 0 aliphatic rings. The Morgan fingerprint density at radius 1 is 1.21 bits per heavy atom. The molecule has 3 aromatic rings. The summed E-state index contributed by atoms with van der Waals surface area (Å²) in [4.78, 5) is 12.6. The van der Waals surface area contributed by atoms with Crippen LogP contribution in [0.4, 0.5) is 5.69 Å². The molecule has 28 heavy (non-hydrogen) atoms. The van der Waals surface area contributed by atoms with E-state index < -0.39 is 0 Å². The molecule has 0 radical (unpaired) electrons. The predicted octanol–water partition coefficient (Wildman–Crippen LogP) is 4.07. The largest absolute Gasteiger partial charge is 0.493 e. The average Bonchev–Trinajstić information content (AvgIpc) is 3.15. The number of H-pyrrole nitrogens is 1. The second-order valence-electron chi connectivity index (χ2n) is 6.05. The summed E-state index contributed by atoms with van der Waals surface area (Å²) in [6.07, 6.45) is 0. The minimum absolute atomic E-state index is 0.262. The summed E-state index contributed by atoms with van der Waals surface area (Å²) in [5.41, 5.74) is 3.48. The lowest BCUT2D eigenvalue weighted by atomic mass is 10.2. The Morgan fingerprint density at radius 3 is 2.54 bits per heavy atom. The number of rotatable bonds is 6. The van der Waals surface area contributed by atoms with Crippen molar-refractivity contribution < 1.29 is 14.3 Å². The van der Waals surface area contributed by atoms with Crippen molar-refractivity contribution in [1.29, 1.82) is 0 Å². The number of ether oxygens (including phenoxy) is 2. The first-order valence-corrected chi connectivity index (χ1v) is 9.90. The van der Waals surface area contributed by atoms with Crippen LogP contribution < -0.4 is 14.8 Å². The Kier molecular flexibility index (Phi) is 6.09. The number of anilines is 1. The third kappa shape index (κ3) is 3.93. The second-order valence-corrected chi connectivity index (χ2v) is 7.63. The van der Waals surface area contributed by atoms with Crippen LogP contribution in [0.1, 0.15) is 27.4 Å². The van der Waals surface area contributed by atoms with Gasteiger partial charge in [0, 0.05) is 0 Å². The molecule has 0 bridgehead atoms. The third-order valence-electron chi connectivity index (χ3n) is 4.28. The number of aryl methyl sites for hydroxylation is 1. The fraction of sp³-hybridized carbons (Fsp3) is 0.278. The number of carbonyl (C=O) groups is 1. The molecule has 1 aromatic carbocycles. The highest BCUT2D eigenvalue weighted by molar-refractivity contribution is 9.13. The Hall–Kier alpha value is -2.33. The molecule has 0 saturated carbocycles. The Labute approximate surface area is 178 Å². The molecule has 0 spiro atoms. The highest BCUT2D eigenvalue weighted by Gasteiger charge is 2.20. The summed E-state index contributed by atoms with van der Waals surface area (Å²) >= 11 is 6.61. The van der Waals surface area contributed by atoms with E-state index in [4.69, 9.17) is 9.47 Å². The zero-order valence-electron chi connectivity index (χ0n) is 15.8. The maximum atomic E-state index is 12.6. The number of carbonyl (C=O) groups excluding carboxylic acids is 1. The molecule has 2 heterocycles. The molecule has 2 N–H and O–H groups in total. The number of hydrogen-bond acceptors (Lipinski definition) is 5. The highest BCUT2D eigenvalue weighted by atomic mass is 79.9. The molecular weight excluding hydrogens is 494 g/mol. The number of aromatic nitrogens is 4. The first-order chi connectivity index (χ1) is 13.3. The smallest absolute Gasteiger partial charge is 0.277 e. The van der Waals surface area contributed by atoms with Crippen LogP contribution in [0, 0.1) is 13.8 Å². The number of halogens is 2. The van der Waals surface area contributed by atoms with Crippen LogP contribution in [0.2, 0.25) is 0 Å². The van der Waals surface area contributed by atoms with Gasteiger partial charge in [0.15, 0.2) is 17.2 Å². The Balaban J connectivity index is 1.84. The average molecular weight is 513 g/mol. The second kappa shape index (κ2) is 8.36. The SMILES string of the molecule is COc1ccc(Cn2nc(C)c(NC(=O)c3n[nH]c(Br)c3Br)c2C)cc1OC. The van der Waals surface area contributed by atoms with Crippen LogP contribution in [0.15, 0.2) is 27.3 Å². The highest BCUT2D eigenvalue weighted by Crippen LogP contribution is 2.29. The van der Waals surface area contributed by atoms with Crippen LogP contribution in [0.3, 0.4) is 0 Å². The van der Waals surface area contributed by atoms with Crippen molar-refractivity contribution in [2.75, 3.05) is 19.5 Å². The molecule has 0 unspecified atom stereocenters. The molecule has 10 heteroatoms. The van der Waals surface area contributed by atoms with Crippen molar-refractivity contribution in [2.45, 2.75) is 20.4 Å². The lowest BCUT2D eigenvalue weighted by molar-refractivity contribution is 0.102. The van der Waals surface area contributed by atoms with Crippen molar-refractivity contribution in [3.8, 4) is 11.5 Å². The van der Waals surface area contributed by atoms with E-state index in [1.807, 2.05) is 36.7 Å². The fourth-order valence-corrected chi connectivity index (χ4v) is 3.45. The fourth-order valence-electron chi connectivity index (χ4n) is 2.81. The van der Waals surface area contributed by atoms with Gasteiger partial charge in [-0.05, 0) is 63.4 Å². The summed E-state index contributed by atoms with van der Waals surface area (Å²) in [5.74, 6) is 0.998.